The number of carboxylic acids is 2. The van der Waals surface area contributed by atoms with Gasteiger partial charge in [0.05, 0.1) is 11.2 Å². The topological polar surface area (TPSA) is 179 Å². The van der Waals surface area contributed by atoms with Gasteiger partial charge in [0, 0.05) is 55.1 Å². The summed E-state index contributed by atoms with van der Waals surface area (Å²) in [5, 5.41) is 21.0. The number of β-lactam (4-membered cyclic amide) rings is 1. The Kier molecular flexibility index (Phi) is 7.23. The van der Waals surface area contributed by atoms with E-state index in [2.05, 4.69) is 5.32 Å². The van der Waals surface area contributed by atoms with Crippen molar-refractivity contribution >= 4 is 58.7 Å². The SMILES string of the molecule is O=CN[C@@H]1C(=O)N2C(C(=O)O)=C(COC(=O)N3CCN(c4cc5c(cc4F)c(=O)c(C(=O)O)cn5C4CC4)CC3)CS[C@H]12. The number of aliphatic carboxylic acids is 1. The van der Waals surface area contributed by atoms with Crippen LogP contribution in [0.25, 0.3) is 10.9 Å². The number of aromatic carboxylic acids is 1. The van der Waals surface area contributed by atoms with Crippen LogP contribution in [0.15, 0.2) is 34.4 Å². The van der Waals surface area contributed by atoms with Gasteiger partial charge in [-0.25, -0.2) is 18.8 Å². The highest BCUT2D eigenvalue weighted by Gasteiger charge is 2.53. The van der Waals surface area contributed by atoms with Gasteiger partial charge in [0.2, 0.25) is 11.8 Å². The van der Waals surface area contributed by atoms with Crippen LogP contribution in [0.3, 0.4) is 0 Å². The molecule has 16 heteroatoms. The van der Waals surface area contributed by atoms with E-state index in [0.717, 1.165) is 23.8 Å². The Morgan fingerprint density at radius 1 is 1.09 bits per heavy atom. The number of carboxylic acid groups (broad SMARTS) is 2. The first-order valence-corrected chi connectivity index (χ1v) is 14.5. The van der Waals surface area contributed by atoms with Crippen molar-refractivity contribution in [3.8, 4) is 0 Å². The number of aromatic nitrogens is 1. The van der Waals surface area contributed by atoms with Crippen molar-refractivity contribution in [1.82, 2.24) is 19.7 Å². The highest BCUT2D eigenvalue weighted by molar-refractivity contribution is 8.00. The van der Waals surface area contributed by atoms with E-state index in [0.29, 0.717) is 11.9 Å². The molecule has 0 bridgehead atoms. The zero-order valence-corrected chi connectivity index (χ0v) is 23.3. The van der Waals surface area contributed by atoms with Gasteiger partial charge in [-0.1, -0.05) is 0 Å². The third kappa shape index (κ3) is 4.94. The van der Waals surface area contributed by atoms with Crippen LogP contribution in [-0.2, 0) is 19.1 Å². The number of carbonyl (C=O) groups is 5. The largest absolute Gasteiger partial charge is 0.477 e. The minimum absolute atomic E-state index is 0.00653. The first-order chi connectivity index (χ1) is 20.6. The molecule has 0 spiro atoms. The lowest BCUT2D eigenvalue weighted by Crippen LogP contribution is -2.69. The number of nitrogens with zero attached hydrogens (tertiary/aromatic N) is 4. The highest BCUT2D eigenvalue weighted by atomic mass is 32.2. The Balaban J connectivity index is 1.13. The third-order valence-electron chi connectivity index (χ3n) is 8.02. The lowest BCUT2D eigenvalue weighted by molar-refractivity contribution is -0.149. The molecule has 1 aromatic heterocycles. The minimum atomic E-state index is -1.37. The zero-order chi connectivity index (χ0) is 30.6. The fourth-order valence-electron chi connectivity index (χ4n) is 5.67. The minimum Gasteiger partial charge on any atom is -0.477 e. The van der Waals surface area contributed by atoms with Crippen molar-refractivity contribution in [2.75, 3.05) is 43.4 Å². The Hall–Kier alpha value is -4.60. The van der Waals surface area contributed by atoms with E-state index in [1.165, 1.54) is 22.9 Å². The number of fused-ring (bicyclic) bond motifs is 2. The van der Waals surface area contributed by atoms with Crippen LogP contribution in [0.5, 0.6) is 0 Å². The quantitative estimate of drug-likeness (QED) is 0.283. The van der Waals surface area contributed by atoms with Crippen molar-refractivity contribution in [3.63, 3.8) is 0 Å². The lowest BCUT2D eigenvalue weighted by atomic mass is 10.0. The van der Waals surface area contributed by atoms with E-state index in [9.17, 15) is 39.0 Å². The molecule has 3 fully saturated rings. The molecular formula is C27H26FN5O9S. The second kappa shape index (κ2) is 10.9. The van der Waals surface area contributed by atoms with Crippen LogP contribution in [0.4, 0.5) is 14.9 Å². The first-order valence-electron chi connectivity index (χ1n) is 13.5. The van der Waals surface area contributed by atoms with Gasteiger partial charge in [0.15, 0.2) is 0 Å². The molecule has 0 radical (unpaired) electrons. The third-order valence-corrected chi connectivity index (χ3v) is 9.36. The predicted molar refractivity (Wildman–Crippen MR) is 149 cm³/mol. The number of benzene rings is 1. The summed E-state index contributed by atoms with van der Waals surface area (Å²) in [5.41, 5.74) is -0.496. The maximum absolute atomic E-state index is 15.3. The number of pyridine rings is 1. The average Bonchev–Trinajstić information content (AvgIpc) is 3.83. The standard InChI is InChI=1S/C27H26FN5O9S/c28-17-7-15-18(32(14-1-2-14)9-16(22(15)35)25(37)38)8-19(17)30-3-5-31(6-4-30)27(41)42-10-13-11-43-24-20(29-12-34)23(36)33(24)21(13)26(39)40/h7-9,12,14,20,24H,1-6,10-11H2,(H,29,34)(H,37,38)(H,39,40)/t20-,24-/m1/s1. The van der Waals surface area contributed by atoms with Crippen LogP contribution < -0.4 is 15.6 Å². The number of carbonyl (C=O) groups excluding carboxylic acids is 3. The van der Waals surface area contributed by atoms with E-state index < -0.39 is 52.2 Å². The molecule has 3 aliphatic heterocycles. The normalized spacial score (nSPS) is 21.8. The summed E-state index contributed by atoms with van der Waals surface area (Å²) in [6, 6.07) is 1.84. The number of amides is 3. The summed E-state index contributed by atoms with van der Waals surface area (Å²) in [6.45, 7) is 0.495. The van der Waals surface area contributed by atoms with E-state index >= 15 is 4.39 Å². The number of ether oxygens (including phenoxy) is 1. The summed E-state index contributed by atoms with van der Waals surface area (Å²) >= 11 is 1.26. The molecule has 2 aromatic rings. The maximum atomic E-state index is 15.3. The summed E-state index contributed by atoms with van der Waals surface area (Å²) in [7, 11) is 0. The summed E-state index contributed by atoms with van der Waals surface area (Å²) < 4.78 is 22.4. The van der Waals surface area contributed by atoms with Gasteiger partial charge >= 0.3 is 18.0 Å². The molecule has 4 heterocycles. The number of anilines is 1. The molecule has 226 valence electrons. The number of halogens is 1. The van der Waals surface area contributed by atoms with Crippen molar-refractivity contribution in [2.45, 2.75) is 30.3 Å². The van der Waals surface area contributed by atoms with Gasteiger partial charge in [-0.3, -0.25) is 19.3 Å². The first kappa shape index (κ1) is 28.5. The molecule has 4 aliphatic rings. The Bertz CT molecular complexity index is 1660. The van der Waals surface area contributed by atoms with Gasteiger partial charge in [-0.2, -0.15) is 0 Å². The predicted octanol–water partition coefficient (Wildman–Crippen LogP) is 0.801. The summed E-state index contributed by atoms with van der Waals surface area (Å²) in [4.78, 5) is 76.5. The molecule has 2 atom stereocenters. The van der Waals surface area contributed by atoms with Gasteiger partial charge in [0.1, 0.15) is 35.1 Å². The van der Waals surface area contributed by atoms with Crippen LogP contribution in [0.2, 0.25) is 0 Å². The van der Waals surface area contributed by atoms with Crippen molar-refractivity contribution in [3.05, 3.63) is 51.2 Å². The number of nitrogens with one attached hydrogen (secondary N) is 1. The van der Waals surface area contributed by atoms with Gasteiger partial charge in [-0.05, 0) is 25.0 Å². The highest BCUT2D eigenvalue weighted by Crippen LogP contribution is 2.40. The Labute approximate surface area is 246 Å². The molecule has 3 N–H and O–H groups in total. The van der Waals surface area contributed by atoms with Crippen LogP contribution in [-0.4, -0.2) is 105 Å². The number of rotatable bonds is 8. The van der Waals surface area contributed by atoms with Crippen molar-refractivity contribution in [2.24, 2.45) is 0 Å². The van der Waals surface area contributed by atoms with Crippen molar-refractivity contribution < 1.29 is 43.3 Å². The number of piperazine rings is 1. The molecule has 1 saturated carbocycles. The van der Waals surface area contributed by atoms with Gasteiger partial charge < -0.3 is 34.6 Å². The van der Waals surface area contributed by atoms with E-state index in [1.807, 2.05) is 0 Å². The van der Waals surface area contributed by atoms with Crippen LogP contribution in [0.1, 0.15) is 29.2 Å². The molecule has 0 unspecified atom stereocenters. The molecule has 1 aromatic carbocycles. The second-order valence-electron chi connectivity index (χ2n) is 10.6. The fourth-order valence-corrected chi connectivity index (χ4v) is 7.00. The Morgan fingerprint density at radius 2 is 1.81 bits per heavy atom. The van der Waals surface area contributed by atoms with Crippen molar-refractivity contribution in [1.29, 1.82) is 0 Å². The maximum Gasteiger partial charge on any atom is 0.410 e. The molecule has 6 rings (SSSR count). The number of thioether (sulfide) groups is 1. The summed E-state index contributed by atoms with van der Waals surface area (Å²) in [6.07, 6.45) is 2.65. The van der Waals surface area contributed by atoms with Gasteiger partial charge in [0.25, 0.3) is 5.91 Å². The number of hydrogen-bond donors (Lipinski definition) is 3. The van der Waals surface area contributed by atoms with E-state index in [4.69, 9.17) is 4.74 Å². The monoisotopic (exact) mass is 615 g/mol. The summed E-state index contributed by atoms with van der Waals surface area (Å²) in [5.74, 6) is -3.76. The van der Waals surface area contributed by atoms with E-state index in [-0.39, 0.29) is 66.9 Å². The second-order valence-corrected chi connectivity index (χ2v) is 11.7. The average molecular weight is 616 g/mol. The molecule has 1 aliphatic carbocycles. The van der Waals surface area contributed by atoms with Crippen LogP contribution >= 0.6 is 11.8 Å². The Morgan fingerprint density at radius 3 is 2.44 bits per heavy atom. The molecule has 43 heavy (non-hydrogen) atoms. The van der Waals surface area contributed by atoms with Crippen LogP contribution in [0, 0.1) is 5.82 Å². The molecule has 2 saturated heterocycles. The smallest absolute Gasteiger partial charge is 0.410 e. The molecular weight excluding hydrogens is 589 g/mol. The zero-order valence-electron chi connectivity index (χ0n) is 22.5. The van der Waals surface area contributed by atoms with Gasteiger partial charge in [-0.15, -0.1) is 11.8 Å². The fraction of sp³-hybridized carbons (Fsp3) is 0.407. The molecule has 3 amide bonds. The molecule has 14 nitrogen and oxygen atoms in total. The number of hydrogen-bond acceptors (Lipinski definition) is 9. The lowest BCUT2D eigenvalue weighted by Gasteiger charge is -2.49. The van der Waals surface area contributed by atoms with E-state index in [1.54, 1.807) is 15.5 Å².